The van der Waals surface area contributed by atoms with Gasteiger partial charge in [0.25, 0.3) is 0 Å². The summed E-state index contributed by atoms with van der Waals surface area (Å²) in [5.41, 5.74) is 0.172. The first-order valence-corrected chi connectivity index (χ1v) is 11.1. The highest BCUT2D eigenvalue weighted by Crippen LogP contribution is 2.44. The molecule has 0 radical (unpaired) electrons. The van der Waals surface area contributed by atoms with Crippen LogP contribution in [0, 0.1) is 43.9 Å². The topological polar surface area (TPSA) is 158 Å². The highest BCUT2D eigenvalue weighted by molar-refractivity contribution is 6.27. The van der Waals surface area contributed by atoms with Crippen LogP contribution in [0.2, 0.25) is 0 Å². The monoisotopic (exact) mass is 456 g/mol. The molecule has 0 bridgehead atoms. The van der Waals surface area contributed by atoms with E-state index in [1.165, 1.54) is 30.4 Å². The lowest BCUT2D eigenvalue weighted by atomic mass is 9.78. The van der Waals surface area contributed by atoms with Gasteiger partial charge in [-0.3, -0.25) is 34.6 Å². The average molecular weight is 456 g/mol. The molecule has 174 valence electrons. The van der Waals surface area contributed by atoms with E-state index in [0.29, 0.717) is 19.3 Å². The maximum atomic E-state index is 12.6. The molecule has 0 aliphatic heterocycles. The van der Waals surface area contributed by atoms with Gasteiger partial charge in [0.05, 0.1) is 11.1 Å². The molecule has 0 amide bonds. The molecule has 0 aromatic rings. The van der Waals surface area contributed by atoms with Gasteiger partial charge in [0.2, 0.25) is 12.1 Å². The average Bonchev–Trinajstić information content (AvgIpc) is 3.18. The molecule has 10 nitrogen and oxygen atoms in total. The number of nitro groups is 2. The van der Waals surface area contributed by atoms with E-state index in [0.717, 1.165) is 0 Å². The lowest BCUT2D eigenvalue weighted by Crippen LogP contribution is -2.34. The number of carbonyl (C=O) groups is 3. The quantitative estimate of drug-likeness (QED) is 0.217. The minimum Gasteiger partial charge on any atom is -0.511 e. The molecule has 4 aliphatic carbocycles. The minimum absolute atomic E-state index is 0.0366. The third-order valence-electron chi connectivity index (χ3n) is 7.42. The Hall–Kier alpha value is -3.43. The Morgan fingerprint density at radius 1 is 0.727 bits per heavy atom. The van der Waals surface area contributed by atoms with Gasteiger partial charge >= 0.3 is 0 Å². The molecule has 0 spiro atoms. The Balaban J connectivity index is 1.43. The lowest BCUT2D eigenvalue weighted by molar-refractivity contribution is -0.528. The number of nitrogens with zero attached hydrogens (tertiary/aromatic N) is 2. The Kier molecular flexibility index (Phi) is 6.09. The maximum absolute atomic E-state index is 12.6. The number of aliphatic hydroxyl groups is 1. The van der Waals surface area contributed by atoms with E-state index in [2.05, 4.69) is 0 Å². The molecule has 3 saturated carbocycles. The van der Waals surface area contributed by atoms with Crippen molar-refractivity contribution in [2.45, 2.75) is 50.6 Å². The van der Waals surface area contributed by atoms with Crippen LogP contribution in [-0.2, 0) is 14.4 Å². The van der Waals surface area contributed by atoms with E-state index in [9.17, 15) is 39.7 Å². The van der Waals surface area contributed by atoms with Crippen LogP contribution in [0.25, 0.3) is 0 Å². The highest BCUT2D eigenvalue weighted by atomic mass is 16.6. The summed E-state index contributed by atoms with van der Waals surface area (Å²) in [5.74, 6) is -3.09. The highest BCUT2D eigenvalue weighted by Gasteiger charge is 2.50. The Bertz CT molecular complexity index is 1050. The number of hydrogen-bond acceptors (Lipinski definition) is 8. The predicted octanol–water partition coefficient (Wildman–Crippen LogP) is 2.70. The molecule has 10 heteroatoms. The minimum atomic E-state index is -0.796. The zero-order valence-corrected chi connectivity index (χ0v) is 17.8. The number of aliphatic hydroxyl groups excluding tert-OH is 1. The second-order valence-electron chi connectivity index (χ2n) is 9.15. The number of rotatable bonds is 5. The molecule has 4 aliphatic rings. The van der Waals surface area contributed by atoms with Gasteiger partial charge in [-0.15, -0.1) is 0 Å². The molecule has 6 unspecified atom stereocenters. The van der Waals surface area contributed by atoms with E-state index in [1.54, 1.807) is 0 Å². The Morgan fingerprint density at radius 3 is 1.88 bits per heavy atom. The second kappa shape index (κ2) is 8.84. The standard InChI is InChI=1S/C23H24N2O8/c26-20-14-8-6-12(24(30)31)10-18(14)22(28)16(20)4-2-1-3-5-17-21(27)15-9-7-13(25(32)33)11-19(15)23(17)29/h1-5,12-15,18-19,28H,6-11H2. The van der Waals surface area contributed by atoms with Crippen molar-refractivity contribution in [3.05, 3.63) is 67.5 Å². The van der Waals surface area contributed by atoms with Crippen LogP contribution in [0.4, 0.5) is 0 Å². The molecule has 4 rings (SSSR count). The summed E-state index contributed by atoms with van der Waals surface area (Å²) < 4.78 is 0. The number of Topliss-reactive ketones (excluding diaryl/α,β-unsaturated/α-hetero) is 3. The van der Waals surface area contributed by atoms with Crippen LogP contribution >= 0.6 is 0 Å². The number of ketones is 3. The van der Waals surface area contributed by atoms with Crippen LogP contribution < -0.4 is 0 Å². The van der Waals surface area contributed by atoms with Gasteiger partial charge < -0.3 is 5.11 Å². The van der Waals surface area contributed by atoms with Gasteiger partial charge in [-0.1, -0.05) is 18.2 Å². The molecule has 0 aromatic heterocycles. The largest absolute Gasteiger partial charge is 0.511 e. The van der Waals surface area contributed by atoms with E-state index in [1.807, 2.05) is 0 Å². The van der Waals surface area contributed by atoms with Crippen LogP contribution in [0.5, 0.6) is 0 Å². The van der Waals surface area contributed by atoms with E-state index >= 15 is 0 Å². The summed E-state index contributed by atoms with van der Waals surface area (Å²) in [6, 6.07) is -1.56. The summed E-state index contributed by atoms with van der Waals surface area (Å²) in [7, 11) is 0. The van der Waals surface area contributed by atoms with Crippen molar-refractivity contribution in [1.82, 2.24) is 0 Å². The van der Waals surface area contributed by atoms with Gasteiger partial charge in [-0.05, 0) is 25.0 Å². The Morgan fingerprint density at radius 2 is 1.27 bits per heavy atom. The molecule has 0 heterocycles. The molecule has 1 N–H and O–H groups in total. The van der Waals surface area contributed by atoms with Gasteiger partial charge in [0, 0.05) is 59.2 Å². The lowest BCUT2D eigenvalue weighted by Gasteiger charge is -2.26. The molecular weight excluding hydrogens is 432 g/mol. The van der Waals surface area contributed by atoms with E-state index < -0.39 is 35.8 Å². The van der Waals surface area contributed by atoms with Crippen LogP contribution in [0.15, 0.2) is 47.3 Å². The first-order valence-electron chi connectivity index (χ1n) is 11.1. The Labute approximate surface area is 189 Å². The zero-order chi connectivity index (χ0) is 23.9. The number of carbonyl (C=O) groups excluding carboxylic acids is 3. The summed E-state index contributed by atoms with van der Waals surface area (Å²) in [5, 5.41) is 32.5. The first-order chi connectivity index (χ1) is 15.7. The van der Waals surface area contributed by atoms with Gasteiger partial charge in [-0.25, -0.2) is 0 Å². The smallest absolute Gasteiger partial charge is 0.213 e. The molecule has 6 atom stereocenters. The summed E-state index contributed by atoms with van der Waals surface area (Å²) in [6.07, 6.45) is 8.84. The van der Waals surface area contributed by atoms with Crippen LogP contribution in [0.1, 0.15) is 38.5 Å². The molecule has 33 heavy (non-hydrogen) atoms. The number of fused-ring (bicyclic) bond motifs is 2. The maximum Gasteiger partial charge on any atom is 0.213 e. The van der Waals surface area contributed by atoms with Crippen molar-refractivity contribution in [2.24, 2.45) is 23.7 Å². The van der Waals surface area contributed by atoms with Gasteiger partial charge in [0.1, 0.15) is 5.76 Å². The molecule has 0 saturated heterocycles. The van der Waals surface area contributed by atoms with Crippen molar-refractivity contribution < 1.29 is 29.3 Å². The van der Waals surface area contributed by atoms with E-state index in [4.69, 9.17) is 0 Å². The second-order valence-corrected chi connectivity index (χ2v) is 9.15. The van der Waals surface area contributed by atoms with E-state index in [-0.39, 0.29) is 63.4 Å². The fourth-order valence-electron chi connectivity index (χ4n) is 5.65. The van der Waals surface area contributed by atoms with Crippen LogP contribution in [0.3, 0.4) is 0 Å². The number of hydrogen-bond donors (Lipinski definition) is 1. The fraction of sp³-hybridized carbons (Fsp3) is 0.522. The molecule has 3 fully saturated rings. The van der Waals surface area contributed by atoms with Crippen molar-refractivity contribution in [2.75, 3.05) is 0 Å². The summed E-state index contributed by atoms with van der Waals surface area (Å²) in [6.45, 7) is 0. The SMILES string of the molecule is O=C1C(=CC=CC=CC2=C(O)C3CC([N+](=O)[O-])CCC3C2=O)C(=O)C2CC([N+](=O)[O-])CCC12. The summed E-state index contributed by atoms with van der Waals surface area (Å²) >= 11 is 0. The van der Waals surface area contributed by atoms with Crippen molar-refractivity contribution in [1.29, 1.82) is 0 Å². The third kappa shape index (κ3) is 4.05. The normalized spacial score (nSPS) is 35.6. The molecular formula is C23H24N2O8. The fourth-order valence-corrected chi connectivity index (χ4v) is 5.65. The van der Waals surface area contributed by atoms with Crippen molar-refractivity contribution in [3.8, 4) is 0 Å². The van der Waals surface area contributed by atoms with Gasteiger partial charge in [0.15, 0.2) is 17.3 Å². The van der Waals surface area contributed by atoms with Gasteiger partial charge in [-0.2, -0.15) is 0 Å². The van der Waals surface area contributed by atoms with Crippen molar-refractivity contribution in [3.63, 3.8) is 0 Å². The van der Waals surface area contributed by atoms with Crippen LogP contribution in [-0.4, -0.2) is 44.4 Å². The first kappa shape index (κ1) is 22.8. The number of allylic oxidation sites excluding steroid dienone is 8. The zero-order valence-electron chi connectivity index (χ0n) is 17.8. The summed E-state index contributed by atoms with van der Waals surface area (Å²) in [4.78, 5) is 59.1. The third-order valence-corrected chi connectivity index (χ3v) is 7.42. The predicted molar refractivity (Wildman–Crippen MR) is 114 cm³/mol. The van der Waals surface area contributed by atoms with Crippen molar-refractivity contribution >= 4 is 17.3 Å². The molecule has 0 aromatic carbocycles.